The van der Waals surface area contributed by atoms with E-state index in [0.717, 1.165) is 12.8 Å². The second kappa shape index (κ2) is 3.74. The van der Waals surface area contributed by atoms with Crippen LogP contribution in [0.4, 0.5) is 0 Å². The summed E-state index contributed by atoms with van der Waals surface area (Å²) in [4.78, 5) is 0. The van der Waals surface area contributed by atoms with Crippen LogP contribution in [0.1, 0.15) is 31.2 Å². The van der Waals surface area contributed by atoms with Crippen molar-refractivity contribution >= 4 is 0 Å². The lowest BCUT2D eigenvalue weighted by molar-refractivity contribution is 0.00985. The summed E-state index contributed by atoms with van der Waals surface area (Å²) in [7, 11) is 0. The Labute approximate surface area is 96.8 Å². The van der Waals surface area contributed by atoms with Gasteiger partial charge in [-0.3, -0.25) is 0 Å². The highest BCUT2D eigenvalue weighted by molar-refractivity contribution is 5.35. The van der Waals surface area contributed by atoms with Crippen molar-refractivity contribution in [2.45, 2.75) is 37.2 Å². The maximum Gasteiger partial charge on any atom is 0.0702 e. The van der Waals surface area contributed by atoms with Gasteiger partial charge in [-0.15, -0.1) is 0 Å². The molecular weight excluding hydrogens is 196 g/mol. The van der Waals surface area contributed by atoms with E-state index in [2.05, 4.69) is 36.4 Å². The Morgan fingerprint density at radius 3 is 2.81 bits per heavy atom. The third kappa shape index (κ3) is 1.35. The molecule has 3 atom stereocenters. The van der Waals surface area contributed by atoms with Gasteiger partial charge in [-0.05, 0) is 30.7 Å². The topological polar surface area (TPSA) is 20.2 Å². The zero-order valence-electron chi connectivity index (χ0n) is 9.47. The summed E-state index contributed by atoms with van der Waals surface area (Å²) in [5, 5.41) is 10.5. The first-order valence-electron chi connectivity index (χ1n) is 6.24. The molecule has 0 spiro atoms. The van der Waals surface area contributed by atoms with Crippen LogP contribution < -0.4 is 0 Å². The lowest BCUT2D eigenvalue weighted by atomic mass is 9.60. The Morgan fingerprint density at radius 1 is 1.19 bits per heavy atom. The normalized spacial score (nSPS) is 37.3. The molecule has 1 N–H and O–H groups in total. The van der Waals surface area contributed by atoms with Crippen LogP contribution in [-0.2, 0) is 5.41 Å². The highest BCUT2D eigenvalue weighted by Gasteiger charge is 2.45. The molecule has 3 rings (SSSR count). The van der Waals surface area contributed by atoms with Gasteiger partial charge in [-0.2, -0.15) is 0 Å². The highest BCUT2D eigenvalue weighted by Crippen LogP contribution is 2.47. The number of rotatable bonds is 1. The summed E-state index contributed by atoms with van der Waals surface area (Å²) < 4.78 is 0. The largest absolute Gasteiger partial charge is 0.392 e. The first-order valence-corrected chi connectivity index (χ1v) is 6.24. The summed E-state index contributed by atoms with van der Waals surface area (Å²) >= 11 is 0. The summed E-state index contributed by atoms with van der Waals surface area (Å²) in [6.45, 7) is 0. The first kappa shape index (κ1) is 10.1. The van der Waals surface area contributed by atoms with E-state index in [0.29, 0.717) is 5.92 Å². The SMILES string of the molecule is OC1C2CC=CC1(c1ccccc1)CCC2. The molecule has 2 aliphatic rings. The number of aliphatic hydroxyl groups excluding tert-OH is 1. The van der Waals surface area contributed by atoms with Crippen molar-refractivity contribution in [3.05, 3.63) is 48.0 Å². The molecule has 0 amide bonds. The first-order chi connectivity index (χ1) is 7.83. The third-order valence-corrected chi connectivity index (χ3v) is 4.31. The van der Waals surface area contributed by atoms with Crippen molar-refractivity contribution in [3.8, 4) is 0 Å². The minimum absolute atomic E-state index is 0.0948. The Balaban J connectivity index is 2.08. The van der Waals surface area contributed by atoms with Gasteiger partial charge in [-0.1, -0.05) is 48.9 Å². The molecule has 1 aromatic carbocycles. The molecule has 1 fully saturated rings. The number of allylic oxidation sites excluding steroid dienone is 1. The molecule has 16 heavy (non-hydrogen) atoms. The van der Waals surface area contributed by atoms with E-state index in [9.17, 15) is 5.11 Å². The van der Waals surface area contributed by atoms with Crippen LogP contribution >= 0.6 is 0 Å². The van der Waals surface area contributed by atoms with Gasteiger partial charge in [0.2, 0.25) is 0 Å². The van der Waals surface area contributed by atoms with Gasteiger partial charge in [0.25, 0.3) is 0 Å². The van der Waals surface area contributed by atoms with Gasteiger partial charge in [0.1, 0.15) is 0 Å². The fourth-order valence-corrected chi connectivity index (χ4v) is 3.42. The molecule has 1 saturated carbocycles. The van der Waals surface area contributed by atoms with E-state index in [-0.39, 0.29) is 11.5 Å². The molecule has 2 aliphatic carbocycles. The molecular formula is C15H18O. The zero-order valence-corrected chi connectivity index (χ0v) is 9.47. The fraction of sp³-hybridized carbons (Fsp3) is 0.467. The maximum atomic E-state index is 10.5. The van der Waals surface area contributed by atoms with Gasteiger partial charge >= 0.3 is 0 Å². The van der Waals surface area contributed by atoms with Crippen LogP contribution in [0.5, 0.6) is 0 Å². The fourth-order valence-electron chi connectivity index (χ4n) is 3.42. The second-order valence-corrected chi connectivity index (χ2v) is 5.14. The molecule has 0 saturated heterocycles. The number of hydrogen-bond acceptors (Lipinski definition) is 1. The van der Waals surface area contributed by atoms with Crippen molar-refractivity contribution in [1.82, 2.24) is 0 Å². The van der Waals surface area contributed by atoms with Gasteiger partial charge < -0.3 is 5.11 Å². The van der Waals surface area contributed by atoms with E-state index in [1.165, 1.54) is 18.4 Å². The van der Waals surface area contributed by atoms with Crippen molar-refractivity contribution in [1.29, 1.82) is 0 Å². The van der Waals surface area contributed by atoms with E-state index in [1.54, 1.807) is 0 Å². The Hall–Kier alpha value is -1.08. The predicted molar refractivity (Wildman–Crippen MR) is 65.2 cm³/mol. The van der Waals surface area contributed by atoms with Gasteiger partial charge in [0, 0.05) is 5.41 Å². The van der Waals surface area contributed by atoms with Gasteiger partial charge in [0.15, 0.2) is 0 Å². The molecule has 0 aliphatic heterocycles. The second-order valence-electron chi connectivity index (χ2n) is 5.14. The van der Waals surface area contributed by atoms with Gasteiger partial charge in [-0.25, -0.2) is 0 Å². The summed E-state index contributed by atoms with van der Waals surface area (Å²) in [6, 6.07) is 10.5. The average molecular weight is 214 g/mol. The minimum Gasteiger partial charge on any atom is -0.392 e. The lowest BCUT2D eigenvalue weighted by Crippen LogP contribution is -2.47. The molecule has 0 heterocycles. The minimum atomic E-state index is -0.186. The average Bonchev–Trinajstić information content (AvgIpc) is 2.30. The molecule has 84 valence electrons. The van der Waals surface area contributed by atoms with Crippen LogP contribution in [-0.4, -0.2) is 11.2 Å². The summed E-state index contributed by atoms with van der Waals surface area (Å²) in [5.74, 6) is 0.471. The number of benzene rings is 1. The quantitative estimate of drug-likeness (QED) is 0.712. The Kier molecular flexibility index (Phi) is 2.36. The monoisotopic (exact) mass is 214 g/mol. The number of aliphatic hydroxyl groups is 1. The van der Waals surface area contributed by atoms with E-state index in [1.807, 2.05) is 6.07 Å². The smallest absolute Gasteiger partial charge is 0.0702 e. The van der Waals surface area contributed by atoms with E-state index < -0.39 is 0 Å². The van der Waals surface area contributed by atoms with E-state index >= 15 is 0 Å². The lowest BCUT2D eigenvalue weighted by Gasteiger charge is -2.46. The molecule has 1 nitrogen and oxygen atoms in total. The predicted octanol–water partition coefficient (Wildman–Crippen LogP) is 3.05. The zero-order chi connectivity index (χ0) is 11.0. The van der Waals surface area contributed by atoms with E-state index in [4.69, 9.17) is 0 Å². The number of hydrogen-bond donors (Lipinski definition) is 1. The van der Waals surface area contributed by atoms with Crippen LogP contribution in [0, 0.1) is 5.92 Å². The molecule has 1 heteroatoms. The van der Waals surface area contributed by atoms with Crippen molar-refractivity contribution in [3.63, 3.8) is 0 Å². The molecule has 0 radical (unpaired) electrons. The number of fused-ring (bicyclic) bond motifs is 2. The van der Waals surface area contributed by atoms with Crippen LogP contribution in [0.2, 0.25) is 0 Å². The van der Waals surface area contributed by atoms with Crippen molar-refractivity contribution in [2.75, 3.05) is 0 Å². The summed E-state index contributed by atoms with van der Waals surface area (Å²) in [6.07, 6.45) is 8.89. The molecule has 0 aromatic heterocycles. The Bertz CT molecular complexity index is 395. The Morgan fingerprint density at radius 2 is 2.00 bits per heavy atom. The van der Waals surface area contributed by atoms with Crippen LogP contribution in [0.3, 0.4) is 0 Å². The summed E-state index contributed by atoms with van der Waals surface area (Å²) in [5.41, 5.74) is 1.19. The van der Waals surface area contributed by atoms with Crippen molar-refractivity contribution < 1.29 is 5.11 Å². The van der Waals surface area contributed by atoms with Gasteiger partial charge in [0.05, 0.1) is 6.10 Å². The molecule has 2 bridgehead atoms. The third-order valence-electron chi connectivity index (χ3n) is 4.31. The van der Waals surface area contributed by atoms with Crippen LogP contribution in [0.25, 0.3) is 0 Å². The highest BCUT2D eigenvalue weighted by atomic mass is 16.3. The maximum absolute atomic E-state index is 10.5. The molecule has 3 unspecified atom stereocenters. The molecule has 1 aromatic rings. The van der Waals surface area contributed by atoms with Crippen LogP contribution in [0.15, 0.2) is 42.5 Å². The van der Waals surface area contributed by atoms with Crippen molar-refractivity contribution in [2.24, 2.45) is 5.92 Å². The standard InChI is InChI=1S/C15H18O/c16-14-12-6-4-10-15(14,11-5-7-12)13-8-2-1-3-9-13/h1-4,8-10,12,14,16H,5-7,11H2.